The number of carboxylic acid groups (broad SMARTS) is 1. The summed E-state index contributed by atoms with van der Waals surface area (Å²) >= 11 is 5.38. The van der Waals surface area contributed by atoms with Crippen molar-refractivity contribution in [1.82, 2.24) is 4.90 Å². The van der Waals surface area contributed by atoms with Crippen molar-refractivity contribution < 1.29 is 29.3 Å². The van der Waals surface area contributed by atoms with E-state index in [2.05, 4.69) is 6.92 Å². The maximum Gasteiger partial charge on any atom is 0.320 e. The SMILES string of the molecule is CCCCCCC(=O)O.CN(CCOC(=O)CCl)[C@H]1C[C@H](OCc2ccccc2)C[C@@H]1O. The zero-order valence-electron chi connectivity index (χ0n) is 19.2. The maximum atomic E-state index is 11.0. The van der Waals surface area contributed by atoms with E-state index in [9.17, 15) is 14.7 Å². The first-order chi connectivity index (χ1) is 15.4. The molecule has 0 spiro atoms. The van der Waals surface area contributed by atoms with Gasteiger partial charge < -0.3 is 19.7 Å². The summed E-state index contributed by atoms with van der Waals surface area (Å²) in [6.45, 7) is 3.51. The van der Waals surface area contributed by atoms with Gasteiger partial charge in [-0.2, -0.15) is 0 Å². The Morgan fingerprint density at radius 1 is 1.16 bits per heavy atom. The van der Waals surface area contributed by atoms with E-state index in [4.69, 9.17) is 26.2 Å². The number of hydrogen-bond acceptors (Lipinski definition) is 6. The molecule has 0 heterocycles. The zero-order valence-corrected chi connectivity index (χ0v) is 20.0. The van der Waals surface area contributed by atoms with Gasteiger partial charge in [-0.1, -0.05) is 56.5 Å². The fourth-order valence-corrected chi connectivity index (χ4v) is 3.64. The van der Waals surface area contributed by atoms with E-state index < -0.39 is 18.0 Å². The smallest absolute Gasteiger partial charge is 0.320 e. The number of carbonyl (C=O) groups excluding carboxylic acids is 1. The number of nitrogens with zero attached hydrogens (tertiary/aromatic N) is 1. The number of carbonyl (C=O) groups is 2. The Kier molecular flexibility index (Phi) is 15.0. The summed E-state index contributed by atoms with van der Waals surface area (Å²) in [4.78, 5) is 23.0. The highest BCUT2D eigenvalue weighted by Crippen LogP contribution is 2.27. The second-order valence-corrected chi connectivity index (χ2v) is 8.33. The highest BCUT2D eigenvalue weighted by atomic mass is 35.5. The molecule has 0 aromatic heterocycles. The maximum absolute atomic E-state index is 11.0. The first kappa shape index (κ1) is 28.4. The molecule has 1 aliphatic rings. The summed E-state index contributed by atoms with van der Waals surface area (Å²) in [6, 6.07) is 10.0. The van der Waals surface area contributed by atoms with Crippen LogP contribution >= 0.6 is 11.6 Å². The number of ether oxygens (including phenoxy) is 2. The van der Waals surface area contributed by atoms with Crippen molar-refractivity contribution in [3.8, 4) is 0 Å². The number of alkyl halides is 1. The predicted molar refractivity (Wildman–Crippen MR) is 125 cm³/mol. The average molecular weight is 472 g/mol. The third-order valence-electron chi connectivity index (χ3n) is 5.41. The Labute approximate surface area is 196 Å². The van der Waals surface area contributed by atoms with Crippen molar-refractivity contribution in [2.24, 2.45) is 0 Å². The van der Waals surface area contributed by atoms with Crippen LogP contribution in [0.4, 0.5) is 0 Å². The molecular formula is C24H38ClNO6. The van der Waals surface area contributed by atoms with Crippen LogP contribution in [-0.2, 0) is 25.7 Å². The van der Waals surface area contributed by atoms with Crippen LogP contribution in [-0.4, -0.2) is 71.4 Å². The van der Waals surface area contributed by atoms with Crippen molar-refractivity contribution >= 4 is 23.5 Å². The monoisotopic (exact) mass is 471 g/mol. The molecule has 3 atom stereocenters. The molecule has 1 aliphatic carbocycles. The fourth-order valence-electron chi connectivity index (χ4n) is 3.56. The molecule has 0 saturated heterocycles. The van der Waals surface area contributed by atoms with E-state index in [1.165, 1.54) is 6.42 Å². The normalized spacial score (nSPS) is 20.0. The molecule has 7 nitrogen and oxygen atoms in total. The number of hydrogen-bond donors (Lipinski definition) is 2. The van der Waals surface area contributed by atoms with Crippen molar-refractivity contribution in [3.05, 3.63) is 35.9 Å². The molecule has 2 rings (SSSR count). The minimum atomic E-state index is -0.675. The van der Waals surface area contributed by atoms with Gasteiger partial charge in [0.05, 0.1) is 18.8 Å². The molecular weight excluding hydrogens is 434 g/mol. The molecule has 0 aliphatic heterocycles. The molecule has 1 aromatic rings. The number of likely N-dealkylation sites (N-methyl/N-ethyl adjacent to an activating group) is 1. The summed E-state index contributed by atoms with van der Waals surface area (Å²) in [5.41, 5.74) is 1.13. The quantitative estimate of drug-likeness (QED) is 0.256. The van der Waals surface area contributed by atoms with Gasteiger partial charge >= 0.3 is 11.9 Å². The first-order valence-electron chi connectivity index (χ1n) is 11.3. The number of benzene rings is 1. The van der Waals surface area contributed by atoms with Gasteiger partial charge in [-0.3, -0.25) is 14.5 Å². The van der Waals surface area contributed by atoms with Crippen molar-refractivity contribution in [2.45, 2.75) is 76.7 Å². The predicted octanol–water partition coefficient (Wildman–Crippen LogP) is 3.85. The van der Waals surface area contributed by atoms with Gasteiger partial charge in [0.2, 0.25) is 0 Å². The highest BCUT2D eigenvalue weighted by molar-refractivity contribution is 6.26. The van der Waals surface area contributed by atoms with Gasteiger partial charge in [0.15, 0.2) is 0 Å². The van der Waals surface area contributed by atoms with Crippen molar-refractivity contribution in [1.29, 1.82) is 0 Å². The minimum absolute atomic E-state index is 0.0190. The van der Waals surface area contributed by atoms with Gasteiger partial charge in [0.25, 0.3) is 0 Å². The van der Waals surface area contributed by atoms with Crippen LogP contribution in [0, 0.1) is 0 Å². The van der Waals surface area contributed by atoms with Gasteiger partial charge in [-0.25, -0.2) is 0 Å². The topological polar surface area (TPSA) is 96.3 Å². The lowest BCUT2D eigenvalue weighted by molar-refractivity contribution is -0.141. The van der Waals surface area contributed by atoms with E-state index >= 15 is 0 Å². The second-order valence-electron chi connectivity index (χ2n) is 8.06. The molecule has 2 N–H and O–H groups in total. The number of aliphatic hydroxyl groups excluding tert-OH is 1. The summed E-state index contributed by atoms with van der Waals surface area (Å²) < 4.78 is 10.9. The lowest BCUT2D eigenvalue weighted by Crippen LogP contribution is -2.39. The highest BCUT2D eigenvalue weighted by Gasteiger charge is 2.35. The Bertz CT molecular complexity index is 645. The van der Waals surface area contributed by atoms with E-state index in [0.717, 1.165) is 31.2 Å². The number of unbranched alkanes of at least 4 members (excludes halogenated alkanes) is 3. The summed E-state index contributed by atoms with van der Waals surface area (Å²) in [7, 11) is 1.92. The number of rotatable bonds is 13. The van der Waals surface area contributed by atoms with Crippen LogP contribution in [0.15, 0.2) is 30.3 Å². The van der Waals surface area contributed by atoms with Gasteiger partial charge in [0.1, 0.15) is 12.5 Å². The van der Waals surface area contributed by atoms with Crippen LogP contribution < -0.4 is 0 Å². The summed E-state index contributed by atoms with van der Waals surface area (Å²) in [6.07, 6.45) is 5.57. The molecule has 32 heavy (non-hydrogen) atoms. The number of aliphatic carboxylic acids is 1. The van der Waals surface area contributed by atoms with Crippen LogP contribution in [0.5, 0.6) is 0 Å². The first-order valence-corrected chi connectivity index (χ1v) is 11.9. The zero-order chi connectivity index (χ0) is 23.8. The van der Waals surface area contributed by atoms with E-state index in [-0.39, 0.29) is 24.6 Å². The van der Waals surface area contributed by atoms with Gasteiger partial charge in [-0.15, -0.1) is 11.6 Å². The molecule has 1 aromatic carbocycles. The third-order valence-corrected chi connectivity index (χ3v) is 5.63. The largest absolute Gasteiger partial charge is 0.481 e. The summed E-state index contributed by atoms with van der Waals surface area (Å²) in [5, 5.41) is 18.4. The Balaban J connectivity index is 0.000000482. The lowest BCUT2D eigenvalue weighted by atomic mass is 10.2. The van der Waals surface area contributed by atoms with E-state index in [0.29, 0.717) is 26.0 Å². The van der Waals surface area contributed by atoms with Gasteiger partial charge in [0, 0.05) is 25.4 Å². The molecule has 0 bridgehead atoms. The molecule has 0 amide bonds. The van der Waals surface area contributed by atoms with Crippen molar-refractivity contribution in [2.75, 3.05) is 26.1 Å². The molecule has 1 saturated carbocycles. The Hall–Kier alpha value is -1.67. The molecule has 8 heteroatoms. The van der Waals surface area contributed by atoms with Crippen molar-refractivity contribution in [3.63, 3.8) is 0 Å². The fraction of sp³-hybridized carbons (Fsp3) is 0.667. The standard InChI is InChI=1S/C17H24ClNO4.C7H14O2/c1-19(7-8-22-17(21)11-18)15-9-14(10-16(15)20)23-12-13-5-3-2-4-6-13;1-2-3-4-5-6-7(8)9/h2-6,14-16,20H,7-12H2,1H3;2-6H2,1H3,(H,8,9)/t14-,15-,16-;/m0./s1. The second kappa shape index (κ2) is 16.9. The van der Waals surface area contributed by atoms with E-state index in [1.807, 2.05) is 42.3 Å². The lowest BCUT2D eigenvalue weighted by Gasteiger charge is -2.26. The molecule has 0 radical (unpaired) electrons. The van der Waals surface area contributed by atoms with E-state index in [1.54, 1.807) is 0 Å². The van der Waals surface area contributed by atoms with Crippen LogP contribution in [0.3, 0.4) is 0 Å². The van der Waals surface area contributed by atoms with Gasteiger partial charge in [-0.05, 0) is 25.5 Å². The number of carboxylic acids is 1. The number of aliphatic hydroxyl groups is 1. The molecule has 0 unspecified atom stereocenters. The summed E-state index contributed by atoms with van der Waals surface area (Å²) in [5.74, 6) is -1.23. The average Bonchev–Trinajstić information content (AvgIpc) is 3.16. The third kappa shape index (κ3) is 12.4. The van der Waals surface area contributed by atoms with Crippen LogP contribution in [0.1, 0.15) is 57.4 Å². The molecule has 1 fully saturated rings. The van der Waals surface area contributed by atoms with Crippen LogP contribution in [0.25, 0.3) is 0 Å². The number of halogens is 1. The Morgan fingerprint density at radius 3 is 2.50 bits per heavy atom. The van der Waals surface area contributed by atoms with Crippen LogP contribution in [0.2, 0.25) is 0 Å². The number of esters is 1. The minimum Gasteiger partial charge on any atom is -0.481 e. The Morgan fingerprint density at radius 2 is 1.88 bits per heavy atom. The molecule has 182 valence electrons.